The maximum Gasteiger partial charge on any atom is 0.0133 e. The van der Waals surface area contributed by atoms with E-state index in [2.05, 4.69) is 45.3 Å². The van der Waals surface area contributed by atoms with Crippen LogP contribution in [0.2, 0.25) is 0 Å². The van der Waals surface area contributed by atoms with Gasteiger partial charge in [0.15, 0.2) is 0 Å². The van der Waals surface area contributed by atoms with Crippen LogP contribution in [0.3, 0.4) is 0 Å². The van der Waals surface area contributed by atoms with E-state index in [0.29, 0.717) is 12.0 Å². The minimum absolute atomic E-state index is 0.660. The van der Waals surface area contributed by atoms with Gasteiger partial charge in [0.05, 0.1) is 0 Å². The molecule has 0 bridgehead atoms. The van der Waals surface area contributed by atoms with E-state index < -0.39 is 0 Å². The van der Waals surface area contributed by atoms with Crippen molar-refractivity contribution in [3.8, 4) is 0 Å². The molecular weight excluding hydrogens is 218 g/mol. The van der Waals surface area contributed by atoms with Gasteiger partial charge in [-0.3, -0.25) is 0 Å². The molecule has 2 atom stereocenters. The Labute approximate surface area is 112 Å². The first-order chi connectivity index (χ1) is 8.63. The first-order valence-corrected chi connectivity index (χ1v) is 7.38. The average Bonchev–Trinajstić information content (AvgIpc) is 2.58. The van der Waals surface area contributed by atoms with Gasteiger partial charge in [-0.1, -0.05) is 31.4 Å². The third-order valence-electron chi connectivity index (χ3n) is 4.67. The molecule has 0 radical (unpaired) electrons. The normalized spacial score (nSPS) is 24.9. The second-order valence-electron chi connectivity index (χ2n) is 5.93. The number of hydrogen-bond donors (Lipinski definition) is 1. The largest absolute Gasteiger partial charge is 0.316 e. The summed E-state index contributed by atoms with van der Waals surface area (Å²) in [5.41, 5.74) is 5.92. The fourth-order valence-corrected chi connectivity index (χ4v) is 3.41. The summed E-state index contributed by atoms with van der Waals surface area (Å²) >= 11 is 0. The molecule has 1 nitrogen and oxygen atoms in total. The second-order valence-corrected chi connectivity index (χ2v) is 5.93. The van der Waals surface area contributed by atoms with E-state index in [-0.39, 0.29) is 0 Å². The number of benzene rings is 1. The Bertz CT molecular complexity index is 408. The second kappa shape index (κ2) is 5.88. The van der Waals surface area contributed by atoms with E-state index in [4.69, 9.17) is 0 Å². The molecule has 2 unspecified atom stereocenters. The minimum Gasteiger partial charge on any atom is -0.316 e. The Kier molecular flexibility index (Phi) is 4.45. The van der Waals surface area contributed by atoms with Crippen LogP contribution in [-0.4, -0.2) is 13.1 Å². The molecule has 1 aliphatic rings. The number of likely N-dealkylation sites (N-methyl/N-ethyl adjacent to an activating group) is 1. The third-order valence-corrected chi connectivity index (χ3v) is 4.67. The molecule has 1 aromatic carbocycles. The first-order valence-electron chi connectivity index (χ1n) is 7.38. The van der Waals surface area contributed by atoms with Gasteiger partial charge in [-0.15, -0.1) is 0 Å². The molecule has 2 rings (SSSR count). The van der Waals surface area contributed by atoms with Crippen molar-refractivity contribution in [2.24, 2.45) is 0 Å². The predicted molar refractivity (Wildman–Crippen MR) is 79.3 cm³/mol. The van der Waals surface area contributed by atoms with Crippen LogP contribution >= 0.6 is 0 Å². The van der Waals surface area contributed by atoms with Crippen LogP contribution in [0, 0.1) is 20.8 Å². The van der Waals surface area contributed by atoms with Crippen molar-refractivity contribution in [1.29, 1.82) is 0 Å². The number of aryl methyl sites for hydroxylation is 3. The van der Waals surface area contributed by atoms with E-state index in [1.54, 1.807) is 5.56 Å². The fourth-order valence-electron chi connectivity index (χ4n) is 3.41. The third kappa shape index (κ3) is 2.77. The lowest BCUT2D eigenvalue weighted by Crippen LogP contribution is -2.31. The van der Waals surface area contributed by atoms with Crippen molar-refractivity contribution in [3.05, 3.63) is 34.4 Å². The van der Waals surface area contributed by atoms with Crippen LogP contribution in [-0.2, 0) is 0 Å². The highest BCUT2D eigenvalue weighted by molar-refractivity contribution is 5.39. The van der Waals surface area contributed by atoms with Crippen LogP contribution in [0.4, 0.5) is 0 Å². The van der Waals surface area contributed by atoms with Gasteiger partial charge in [0, 0.05) is 6.04 Å². The highest BCUT2D eigenvalue weighted by atomic mass is 14.9. The lowest BCUT2D eigenvalue weighted by molar-refractivity contribution is 0.438. The summed E-state index contributed by atoms with van der Waals surface area (Å²) in [6.07, 6.45) is 6.84. The predicted octanol–water partition coefficient (Wildman–Crippen LogP) is 4.25. The van der Waals surface area contributed by atoms with E-state index >= 15 is 0 Å². The molecule has 0 spiro atoms. The van der Waals surface area contributed by atoms with Crippen molar-refractivity contribution in [2.45, 2.75) is 64.8 Å². The Morgan fingerprint density at radius 2 is 1.56 bits per heavy atom. The molecule has 0 amide bonds. The van der Waals surface area contributed by atoms with Gasteiger partial charge in [-0.05, 0) is 68.8 Å². The van der Waals surface area contributed by atoms with Crippen LogP contribution in [0.1, 0.15) is 60.3 Å². The number of nitrogens with one attached hydrogen (secondary N) is 1. The van der Waals surface area contributed by atoms with E-state index in [9.17, 15) is 0 Å². The Balaban J connectivity index is 2.35. The van der Waals surface area contributed by atoms with E-state index in [0.717, 1.165) is 0 Å². The van der Waals surface area contributed by atoms with Gasteiger partial charge in [0.25, 0.3) is 0 Å². The van der Waals surface area contributed by atoms with Crippen LogP contribution < -0.4 is 5.32 Å². The summed E-state index contributed by atoms with van der Waals surface area (Å²) in [5.74, 6) is 0.705. The summed E-state index contributed by atoms with van der Waals surface area (Å²) in [4.78, 5) is 0. The van der Waals surface area contributed by atoms with Gasteiger partial charge >= 0.3 is 0 Å². The fraction of sp³-hybridized carbons (Fsp3) is 0.647. The quantitative estimate of drug-likeness (QED) is 0.768. The molecular formula is C17H27N. The Morgan fingerprint density at radius 1 is 0.889 bits per heavy atom. The summed E-state index contributed by atoms with van der Waals surface area (Å²) in [6.45, 7) is 6.73. The van der Waals surface area contributed by atoms with Gasteiger partial charge in [-0.2, -0.15) is 0 Å². The van der Waals surface area contributed by atoms with Crippen LogP contribution in [0.15, 0.2) is 12.1 Å². The van der Waals surface area contributed by atoms with Crippen molar-refractivity contribution >= 4 is 0 Å². The standard InChI is InChI=1S/C17H27N/c1-12-10-14(3)16(11-13(12)2)15-8-6-5-7-9-17(15)18-4/h10-11,15,17-18H,5-9H2,1-4H3. The molecule has 1 N–H and O–H groups in total. The summed E-state index contributed by atoms with van der Waals surface area (Å²) < 4.78 is 0. The number of rotatable bonds is 2. The van der Waals surface area contributed by atoms with Gasteiger partial charge in [0.2, 0.25) is 0 Å². The molecule has 0 aromatic heterocycles. The lowest BCUT2D eigenvalue weighted by atomic mass is 9.83. The molecule has 1 aromatic rings. The van der Waals surface area contributed by atoms with Crippen molar-refractivity contribution in [2.75, 3.05) is 7.05 Å². The molecule has 1 saturated carbocycles. The zero-order valence-corrected chi connectivity index (χ0v) is 12.3. The van der Waals surface area contributed by atoms with Gasteiger partial charge in [-0.25, -0.2) is 0 Å². The summed E-state index contributed by atoms with van der Waals surface area (Å²) in [5, 5.41) is 3.55. The molecule has 1 aliphatic carbocycles. The van der Waals surface area contributed by atoms with Crippen LogP contribution in [0.5, 0.6) is 0 Å². The number of hydrogen-bond acceptors (Lipinski definition) is 1. The Morgan fingerprint density at radius 3 is 2.28 bits per heavy atom. The zero-order valence-electron chi connectivity index (χ0n) is 12.3. The maximum absolute atomic E-state index is 3.55. The van der Waals surface area contributed by atoms with Gasteiger partial charge in [0.1, 0.15) is 0 Å². The SMILES string of the molecule is CNC1CCCCCC1c1cc(C)c(C)cc1C. The van der Waals surface area contributed by atoms with Crippen molar-refractivity contribution in [3.63, 3.8) is 0 Å². The Hall–Kier alpha value is -0.820. The summed E-state index contributed by atoms with van der Waals surface area (Å²) in [7, 11) is 2.12. The monoisotopic (exact) mass is 245 g/mol. The lowest BCUT2D eigenvalue weighted by Gasteiger charge is -2.27. The summed E-state index contributed by atoms with van der Waals surface area (Å²) in [6, 6.07) is 5.46. The minimum atomic E-state index is 0.660. The van der Waals surface area contributed by atoms with Crippen molar-refractivity contribution in [1.82, 2.24) is 5.32 Å². The highest BCUT2D eigenvalue weighted by Gasteiger charge is 2.25. The van der Waals surface area contributed by atoms with E-state index in [1.165, 1.54) is 48.8 Å². The molecule has 0 heterocycles. The molecule has 0 aliphatic heterocycles. The van der Waals surface area contributed by atoms with Crippen LogP contribution in [0.25, 0.3) is 0 Å². The highest BCUT2D eigenvalue weighted by Crippen LogP contribution is 2.34. The molecule has 1 heteroatoms. The smallest absolute Gasteiger partial charge is 0.0133 e. The van der Waals surface area contributed by atoms with Crippen molar-refractivity contribution < 1.29 is 0 Å². The topological polar surface area (TPSA) is 12.0 Å². The average molecular weight is 245 g/mol. The molecule has 18 heavy (non-hydrogen) atoms. The molecule has 0 saturated heterocycles. The molecule has 100 valence electrons. The zero-order chi connectivity index (χ0) is 13.1. The van der Waals surface area contributed by atoms with Gasteiger partial charge < -0.3 is 5.32 Å². The molecule has 1 fully saturated rings. The van der Waals surface area contributed by atoms with E-state index in [1.807, 2.05) is 0 Å². The first kappa shape index (κ1) is 13.6. The maximum atomic E-state index is 3.55.